The summed E-state index contributed by atoms with van der Waals surface area (Å²) in [5, 5.41) is 7.99. The average molecular weight is 319 g/mol. The van der Waals surface area contributed by atoms with Crippen LogP contribution in [0.4, 0.5) is 4.39 Å². The Bertz CT molecular complexity index is 568. The number of rotatable bonds is 2. The second kappa shape index (κ2) is 4.74. The summed E-state index contributed by atoms with van der Waals surface area (Å²) in [5.41, 5.74) is 1.56. The lowest BCUT2D eigenvalue weighted by molar-refractivity contribution is 0.619. The monoisotopic (exact) mass is 317 g/mol. The molecule has 0 spiro atoms. The van der Waals surface area contributed by atoms with E-state index in [0.29, 0.717) is 22.4 Å². The van der Waals surface area contributed by atoms with Gasteiger partial charge in [0, 0.05) is 6.42 Å². The summed E-state index contributed by atoms with van der Waals surface area (Å²) < 4.78 is 15.7. The summed E-state index contributed by atoms with van der Waals surface area (Å²) in [7, 11) is 0. The first-order valence-corrected chi connectivity index (χ1v) is 6.27. The predicted octanol–water partition coefficient (Wildman–Crippen LogP) is 3.69. The van der Waals surface area contributed by atoms with Crippen LogP contribution in [0.2, 0.25) is 5.28 Å². The zero-order valence-corrected chi connectivity index (χ0v) is 11.7. The van der Waals surface area contributed by atoms with Gasteiger partial charge in [0.25, 0.3) is 0 Å². The number of aryl methyl sites for hydroxylation is 2. The van der Waals surface area contributed by atoms with Crippen molar-refractivity contribution in [2.75, 3.05) is 0 Å². The molecule has 2 aromatic rings. The van der Waals surface area contributed by atoms with Crippen LogP contribution in [0.5, 0.6) is 0 Å². The number of aromatic nitrogens is 3. The third kappa shape index (κ3) is 2.21. The molecule has 3 nitrogen and oxygen atoms in total. The van der Waals surface area contributed by atoms with Crippen LogP contribution < -0.4 is 0 Å². The van der Waals surface area contributed by atoms with Gasteiger partial charge in [0.15, 0.2) is 0 Å². The molecule has 1 heterocycles. The lowest BCUT2D eigenvalue weighted by Crippen LogP contribution is -2.03. The largest absolute Gasteiger partial charge is 0.269 e. The Hall–Kier alpha value is -0.940. The molecule has 1 aromatic carbocycles. The van der Waals surface area contributed by atoms with Gasteiger partial charge in [-0.1, -0.05) is 6.92 Å². The molecule has 0 unspecified atom stereocenters. The van der Waals surface area contributed by atoms with E-state index >= 15 is 0 Å². The number of hydrogen-bond acceptors (Lipinski definition) is 2. The molecule has 1 aromatic heterocycles. The van der Waals surface area contributed by atoms with Gasteiger partial charge >= 0.3 is 0 Å². The molecule has 0 atom stereocenters. The van der Waals surface area contributed by atoms with Crippen molar-refractivity contribution < 1.29 is 4.39 Å². The molecular formula is C11H10BrClFN3. The van der Waals surface area contributed by atoms with Crippen molar-refractivity contribution in [2.24, 2.45) is 0 Å². The van der Waals surface area contributed by atoms with Gasteiger partial charge in [-0.15, -0.1) is 10.2 Å². The lowest BCUT2D eigenvalue weighted by atomic mass is 10.2. The zero-order chi connectivity index (χ0) is 12.6. The van der Waals surface area contributed by atoms with E-state index in [0.717, 1.165) is 5.56 Å². The van der Waals surface area contributed by atoms with Crippen molar-refractivity contribution in [3.05, 3.63) is 39.1 Å². The van der Waals surface area contributed by atoms with Gasteiger partial charge in [-0.2, -0.15) is 0 Å². The number of hydrogen-bond donors (Lipinski definition) is 0. The molecule has 0 fully saturated rings. The molecule has 0 amide bonds. The van der Waals surface area contributed by atoms with Crippen molar-refractivity contribution in [3.63, 3.8) is 0 Å². The third-order valence-corrected chi connectivity index (χ3v) is 3.34. The molecule has 0 radical (unpaired) electrons. The summed E-state index contributed by atoms with van der Waals surface area (Å²) in [6.45, 7) is 3.83. The highest BCUT2D eigenvalue weighted by Gasteiger charge is 2.14. The molecule has 0 saturated carbocycles. The first kappa shape index (κ1) is 12.5. The van der Waals surface area contributed by atoms with Gasteiger partial charge in [-0.05, 0) is 52.2 Å². The molecule has 0 aliphatic heterocycles. The van der Waals surface area contributed by atoms with Crippen molar-refractivity contribution in [1.82, 2.24) is 14.8 Å². The minimum atomic E-state index is -0.336. The Labute approximate surface area is 112 Å². The van der Waals surface area contributed by atoms with Crippen LogP contribution in [-0.2, 0) is 6.42 Å². The molecular weight excluding hydrogens is 308 g/mol. The van der Waals surface area contributed by atoms with Gasteiger partial charge in [0.2, 0.25) is 5.28 Å². The lowest BCUT2D eigenvalue weighted by Gasteiger charge is -2.11. The molecule has 0 saturated heterocycles. The van der Waals surface area contributed by atoms with E-state index in [-0.39, 0.29) is 11.1 Å². The van der Waals surface area contributed by atoms with Gasteiger partial charge in [-0.25, -0.2) is 4.39 Å². The van der Waals surface area contributed by atoms with Crippen LogP contribution in [-0.4, -0.2) is 14.8 Å². The highest BCUT2D eigenvalue weighted by Crippen LogP contribution is 2.26. The minimum Gasteiger partial charge on any atom is -0.269 e. The molecule has 6 heteroatoms. The fraction of sp³-hybridized carbons (Fsp3) is 0.273. The smallest absolute Gasteiger partial charge is 0.229 e. The summed E-state index contributed by atoms with van der Waals surface area (Å²) in [5.74, 6) is 0.372. The standard InChI is InChI=1S/C11H10BrClFN3/c1-3-10-15-16-11(13)17(10)9-5-8(14)7(12)4-6(9)2/h4-5H,3H2,1-2H3. The number of nitrogens with zero attached hydrogens (tertiary/aromatic N) is 3. The molecule has 0 N–H and O–H groups in total. The van der Waals surface area contributed by atoms with Crippen LogP contribution in [0.3, 0.4) is 0 Å². The van der Waals surface area contributed by atoms with Gasteiger partial charge in [0.05, 0.1) is 10.2 Å². The van der Waals surface area contributed by atoms with Crippen LogP contribution in [0.15, 0.2) is 16.6 Å². The minimum absolute atomic E-state index is 0.242. The van der Waals surface area contributed by atoms with Crippen LogP contribution in [0.25, 0.3) is 5.69 Å². The third-order valence-electron chi connectivity index (χ3n) is 2.49. The summed E-state index contributed by atoms with van der Waals surface area (Å²) in [6.07, 6.45) is 0.677. The summed E-state index contributed by atoms with van der Waals surface area (Å²) >= 11 is 9.13. The maximum absolute atomic E-state index is 13.6. The summed E-state index contributed by atoms with van der Waals surface area (Å²) in [6, 6.07) is 3.13. The van der Waals surface area contributed by atoms with Crippen LogP contribution in [0.1, 0.15) is 18.3 Å². The molecule has 2 rings (SSSR count). The van der Waals surface area contributed by atoms with E-state index in [9.17, 15) is 4.39 Å². The molecule has 90 valence electrons. The van der Waals surface area contributed by atoms with Gasteiger partial charge < -0.3 is 0 Å². The van der Waals surface area contributed by atoms with Crippen molar-refractivity contribution in [2.45, 2.75) is 20.3 Å². The van der Waals surface area contributed by atoms with Crippen molar-refractivity contribution in [1.29, 1.82) is 0 Å². The fourth-order valence-corrected chi connectivity index (χ4v) is 2.32. The maximum Gasteiger partial charge on any atom is 0.229 e. The Kier molecular flexibility index (Phi) is 3.49. The Morgan fingerprint density at radius 1 is 1.41 bits per heavy atom. The highest BCUT2D eigenvalue weighted by atomic mass is 79.9. The second-order valence-electron chi connectivity index (χ2n) is 3.63. The first-order chi connectivity index (χ1) is 8.04. The van der Waals surface area contributed by atoms with Crippen LogP contribution >= 0.6 is 27.5 Å². The zero-order valence-electron chi connectivity index (χ0n) is 9.34. The fourth-order valence-electron chi connectivity index (χ4n) is 1.64. The highest BCUT2D eigenvalue weighted by molar-refractivity contribution is 9.10. The summed E-state index contributed by atoms with van der Waals surface area (Å²) in [4.78, 5) is 0. The second-order valence-corrected chi connectivity index (χ2v) is 4.82. The van der Waals surface area contributed by atoms with Crippen molar-refractivity contribution in [3.8, 4) is 5.69 Å². The van der Waals surface area contributed by atoms with E-state index < -0.39 is 0 Å². The van der Waals surface area contributed by atoms with E-state index in [4.69, 9.17) is 11.6 Å². The maximum atomic E-state index is 13.6. The first-order valence-electron chi connectivity index (χ1n) is 5.10. The Morgan fingerprint density at radius 3 is 2.76 bits per heavy atom. The van der Waals surface area contributed by atoms with E-state index in [1.807, 2.05) is 13.8 Å². The normalized spacial score (nSPS) is 10.9. The predicted molar refractivity (Wildman–Crippen MR) is 68.1 cm³/mol. The van der Waals surface area contributed by atoms with E-state index in [2.05, 4.69) is 26.1 Å². The van der Waals surface area contributed by atoms with Crippen molar-refractivity contribution >= 4 is 27.5 Å². The average Bonchev–Trinajstić information content (AvgIpc) is 2.65. The van der Waals surface area contributed by atoms with Crippen LogP contribution in [0, 0.1) is 12.7 Å². The SMILES string of the molecule is CCc1nnc(Cl)n1-c1cc(F)c(Br)cc1C. The number of benzene rings is 1. The van der Waals surface area contributed by atoms with E-state index in [1.54, 1.807) is 10.6 Å². The Balaban J connectivity index is 2.68. The molecule has 0 aliphatic rings. The molecule has 17 heavy (non-hydrogen) atoms. The topological polar surface area (TPSA) is 30.7 Å². The van der Waals surface area contributed by atoms with E-state index in [1.165, 1.54) is 6.07 Å². The Morgan fingerprint density at radius 2 is 2.12 bits per heavy atom. The van der Waals surface area contributed by atoms with Gasteiger partial charge in [0.1, 0.15) is 11.6 Å². The quantitative estimate of drug-likeness (QED) is 0.845. The number of halogens is 3. The molecule has 0 bridgehead atoms. The van der Waals surface area contributed by atoms with Gasteiger partial charge in [-0.3, -0.25) is 4.57 Å². The molecule has 0 aliphatic carbocycles.